The molecule has 0 N–H and O–H groups in total. The van der Waals surface area contributed by atoms with Gasteiger partial charge in [-0.3, -0.25) is 9.29 Å². The van der Waals surface area contributed by atoms with Crippen LogP contribution in [0.2, 0.25) is 0 Å². The first-order chi connectivity index (χ1) is 12.0. The maximum absolute atomic E-state index is 13.2. The highest BCUT2D eigenvalue weighted by molar-refractivity contribution is 7.92. The normalized spacial score (nSPS) is 14.3. The van der Waals surface area contributed by atoms with Crippen molar-refractivity contribution in [1.82, 2.24) is 4.98 Å². The summed E-state index contributed by atoms with van der Waals surface area (Å²) in [6.45, 7) is 4.65. The van der Waals surface area contributed by atoms with E-state index in [0.29, 0.717) is 12.3 Å². The summed E-state index contributed by atoms with van der Waals surface area (Å²) in [5, 5.41) is 0. The summed E-state index contributed by atoms with van der Waals surface area (Å²) in [5.74, 6) is 0.639. The van der Waals surface area contributed by atoms with Gasteiger partial charge in [-0.2, -0.15) is 0 Å². The lowest BCUT2D eigenvalue weighted by atomic mass is 10.0. The molecule has 1 aliphatic heterocycles. The Kier molecular flexibility index (Phi) is 4.99. The second-order valence-corrected chi connectivity index (χ2v) is 7.99. The molecule has 0 saturated carbocycles. The van der Waals surface area contributed by atoms with Gasteiger partial charge >= 0.3 is 0 Å². The van der Waals surface area contributed by atoms with E-state index in [1.165, 1.54) is 4.31 Å². The molecule has 3 rings (SSSR count). The van der Waals surface area contributed by atoms with Crippen LogP contribution >= 0.6 is 0 Å². The number of fused-ring (bicyclic) bond motifs is 1. The number of hydrogen-bond acceptors (Lipinski definition) is 4. The number of rotatable bonds is 5. The van der Waals surface area contributed by atoms with Crippen LogP contribution in [0.4, 0.5) is 5.69 Å². The molecule has 1 aromatic carbocycles. The van der Waals surface area contributed by atoms with Crippen molar-refractivity contribution in [2.45, 2.75) is 44.4 Å². The van der Waals surface area contributed by atoms with Crippen LogP contribution in [0.1, 0.15) is 37.2 Å². The summed E-state index contributed by atoms with van der Waals surface area (Å²) in [7, 11) is -2.04. The van der Waals surface area contributed by atoms with Crippen LogP contribution in [0, 0.1) is 0 Å². The lowest BCUT2D eigenvalue weighted by molar-refractivity contribution is 0.414. The van der Waals surface area contributed by atoms with E-state index in [1.54, 1.807) is 31.4 Å². The number of nitrogens with zero attached hydrogens (tertiary/aromatic N) is 2. The monoisotopic (exact) mass is 360 g/mol. The zero-order valence-corrected chi connectivity index (χ0v) is 15.8. The van der Waals surface area contributed by atoms with Crippen molar-refractivity contribution < 1.29 is 13.2 Å². The van der Waals surface area contributed by atoms with Gasteiger partial charge in [-0.05, 0) is 61.6 Å². The van der Waals surface area contributed by atoms with Crippen molar-refractivity contribution in [3.05, 3.63) is 47.3 Å². The third-order valence-electron chi connectivity index (χ3n) is 4.65. The van der Waals surface area contributed by atoms with Crippen LogP contribution < -0.4 is 9.04 Å². The smallest absolute Gasteiger partial charge is 0.264 e. The fourth-order valence-corrected chi connectivity index (χ4v) is 4.79. The second-order valence-electron chi connectivity index (χ2n) is 6.12. The van der Waals surface area contributed by atoms with Crippen molar-refractivity contribution in [3.63, 3.8) is 0 Å². The fraction of sp³-hybridized carbons (Fsp3) is 0.421. The van der Waals surface area contributed by atoms with Crippen molar-refractivity contribution in [3.8, 4) is 5.75 Å². The van der Waals surface area contributed by atoms with Crippen LogP contribution in [-0.4, -0.2) is 27.1 Å². The molecule has 0 bridgehead atoms. The van der Waals surface area contributed by atoms with Gasteiger partial charge in [0.1, 0.15) is 5.75 Å². The maximum Gasteiger partial charge on any atom is 0.264 e. The molecule has 2 aromatic rings. The molecule has 0 radical (unpaired) electrons. The molecule has 0 fully saturated rings. The number of sulfonamides is 1. The summed E-state index contributed by atoms with van der Waals surface area (Å²) in [6, 6.07) is 8.55. The molecule has 0 unspecified atom stereocenters. The van der Waals surface area contributed by atoms with Crippen LogP contribution in [0.25, 0.3) is 0 Å². The van der Waals surface area contributed by atoms with Crippen LogP contribution in [0.5, 0.6) is 5.75 Å². The van der Waals surface area contributed by atoms with Gasteiger partial charge in [0.05, 0.1) is 23.4 Å². The Morgan fingerprint density at radius 3 is 2.48 bits per heavy atom. The fourth-order valence-electron chi connectivity index (χ4n) is 3.27. The van der Waals surface area contributed by atoms with Crippen molar-refractivity contribution in [1.29, 1.82) is 0 Å². The maximum atomic E-state index is 13.2. The van der Waals surface area contributed by atoms with E-state index in [9.17, 15) is 8.42 Å². The SMILES string of the molecule is CCc1cc2c(nc1CC)CCCN2S(=O)(=O)c1ccc(OC)cc1. The lowest BCUT2D eigenvalue weighted by Gasteiger charge is -2.31. The number of ether oxygens (including phenoxy) is 1. The number of aryl methyl sites for hydroxylation is 3. The Morgan fingerprint density at radius 1 is 1.16 bits per heavy atom. The molecular formula is C19H24N2O3S. The Balaban J connectivity index is 2.06. The molecule has 6 heteroatoms. The van der Waals surface area contributed by atoms with E-state index in [-0.39, 0.29) is 4.90 Å². The zero-order chi connectivity index (χ0) is 18.0. The number of hydrogen-bond donors (Lipinski definition) is 0. The number of benzene rings is 1. The molecule has 0 atom stereocenters. The van der Waals surface area contributed by atoms with Gasteiger partial charge in [-0.15, -0.1) is 0 Å². The molecule has 25 heavy (non-hydrogen) atoms. The Labute approximate surface area is 149 Å². The van der Waals surface area contributed by atoms with E-state index < -0.39 is 10.0 Å². The van der Waals surface area contributed by atoms with Gasteiger partial charge in [-0.25, -0.2) is 8.42 Å². The van der Waals surface area contributed by atoms with Crippen molar-refractivity contribution in [2.75, 3.05) is 18.0 Å². The third kappa shape index (κ3) is 3.23. The number of pyridine rings is 1. The number of aromatic nitrogens is 1. The summed E-state index contributed by atoms with van der Waals surface area (Å²) < 4.78 is 33.0. The number of anilines is 1. The predicted molar refractivity (Wildman–Crippen MR) is 98.8 cm³/mol. The molecule has 0 aliphatic carbocycles. The highest BCUT2D eigenvalue weighted by atomic mass is 32.2. The van der Waals surface area contributed by atoms with Crippen LogP contribution in [0.15, 0.2) is 35.2 Å². The zero-order valence-electron chi connectivity index (χ0n) is 14.9. The van der Waals surface area contributed by atoms with Gasteiger partial charge < -0.3 is 4.74 Å². The van der Waals surface area contributed by atoms with Crippen molar-refractivity contribution >= 4 is 15.7 Å². The molecule has 1 aromatic heterocycles. The van der Waals surface area contributed by atoms with Gasteiger partial charge in [0, 0.05) is 12.2 Å². The van der Waals surface area contributed by atoms with Gasteiger partial charge in [0.15, 0.2) is 0 Å². The van der Waals surface area contributed by atoms with E-state index in [0.717, 1.165) is 48.3 Å². The third-order valence-corrected chi connectivity index (χ3v) is 6.48. The van der Waals surface area contributed by atoms with Crippen molar-refractivity contribution in [2.24, 2.45) is 0 Å². The number of methoxy groups -OCH3 is 1. The topological polar surface area (TPSA) is 59.5 Å². The quantitative estimate of drug-likeness (QED) is 0.820. The average molecular weight is 360 g/mol. The molecule has 0 saturated heterocycles. The van der Waals surface area contributed by atoms with E-state index in [2.05, 4.69) is 13.8 Å². The van der Waals surface area contributed by atoms with Gasteiger partial charge in [0.2, 0.25) is 0 Å². The van der Waals surface area contributed by atoms with Crippen LogP contribution in [0.3, 0.4) is 0 Å². The van der Waals surface area contributed by atoms with Crippen LogP contribution in [-0.2, 0) is 29.3 Å². The Hall–Kier alpha value is -2.08. The molecule has 2 heterocycles. The lowest BCUT2D eigenvalue weighted by Crippen LogP contribution is -2.36. The summed E-state index contributed by atoms with van der Waals surface area (Å²) in [5.41, 5.74) is 3.82. The standard InChI is InChI=1S/C19H24N2O3S/c1-4-14-13-19-18(20-17(14)5-2)7-6-12-21(19)25(22,23)16-10-8-15(24-3)9-11-16/h8-11,13H,4-7,12H2,1-3H3. The predicted octanol–water partition coefficient (Wildman–Crippen LogP) is 3.36. The summed E-state index contributed by atoms with van der Waals surface area (Å²) in [4.78, 5) is 5.04. The summed E-state index contributed by atoms with van der Waals surface area (Å²) in [6.07, 6.45) is 3.31. The average Bonchev–Trinajstić information content (AvgIpc) is 2.66. The molecule has 1 aliphatic rings. The highest BCUT2D eigenvalue weighted by Crippen LogP contribution is 2.33. The van der Waals surface area contributed by atoms with Gasteiger partial charge in [0.25, 0.3) is 10.0 Å². The minimum Gasteiger partial charge on any atom is -0.497 e. The first-order valence-corrected chi connectivity index (χ1v) is 10.1. The Bertz CT molecular complexity index is 861. The minimum atomic E-state index is -3.61. The molecule has 0 spiro atoms. The highest BCUT2D eigenvalue weighted by Gasteiger charge is 2.30. The largest absolute Gasteiger partial charge is 0.497 e. The van der Waals surface area contributed by atoms with Gasteiger partial charge in [-0.1, -0.05) is 13.8 Å². The molecular weight excluding hydrogens is 336 g/mol. The first-order valence-electron chi connectivity index (χ1n) is 8.69. The molecule has 134 valence electrons. The second kappa shape index (κ2) is 7.04. The molecule has 0 amide bonds. The van der Waals surface area contributed by atoms with E-state index in [1.807, 2.05) is 6.07 Å². The first kappa shape index (κ1) is 17.7. The van der Waals surface area contributed by atoms with E-state index in [4.69, 9.17) is 9.72 Å². The Morgan fingerprint density at radius 2 is 1.88 bits per heavy atom. The summed E-state index contributed by atoms with van der Waals surface area (Å²) >= 11 is 0. The molecule has 5 nitrogen and oxygen atoms in total. The minimum absolute atomic E-state index is 0.277. The van der Waals surface area contributed by atoms with E-state index >= 15 is 0 Å².